The van der Waals surface area contributed by atoms with Gasteiger partial charge in [-0.25, -0.2) is 8.78 Å². The molecule has 100 valence electrons. The second kappa shape index (κ2) is 6.93. The van der Waals surface area contributed by atoms with Crippen molar-refractivity contribution in [1.29, 1.82) is 0 Å². The van der Waals surface area contributed by atoms with E-state index in [0.717, 1.165) is 0 Å². The van der Waals surface area contributed by atoms with E-state index in [9.17, 15) is 27.2 Å². The first-order valence-electron chi connectivity index (χ1n) is 4.80. The van der Waals surface area contributed by atoms with Crippen LogP contribution in [0, 0.1) is 0 Å². The molecule has 0 fully saturated rings. The molecule has 0 rings (SSSR count). The molecule has 0 aromatic carbocycles. The van der Waals surface area contributed by atoms with Crippen LogP contribution in [0.5, 0.6) is 0 Å². The largest absolute Gasteiger partial charge is 0.383 e. The minimum atomic E-state index is -4.75. The number of carbonyl (C=O) groups excluding carboxylic acids is 2. The van der Waals surface area contributed by atoms with E-state index in [0.29, 0.717) is 11.3 Å². The van der Waals surface area contributed by atoms with E-state index in [1.54, 1.807) is 6.92 Å². The number of rotatable bonds is 7. The summed E-state index contributed by atoms with van der Waals surface area (Å²) in [6, 6.07) is 0. The van der Waals surface area contributed by atoms with Gasteiger partial charge in [-0.1, -0.05) is 22.9 Å². The van der Waals surface area contributed by atoms with Crippen LogP contribution in [0.15, 0.2) is 0 Å². The molecule has 0 unspecified atom stereocenters. The lowest BCUT2D eigenvalue weighted by atomic mass is 10.2. The number of nitrogens with zero attached hydrogens (tertiary/aromatic N) is 1. The van der Waals surface area contributed by atoms with Crippen molar-refractivity contribution < 1.29 is 27.2 Å². The van der Waals surface area contributed by atoms with E-state index in [-0.39, 0.29) is 11.9 Å². The van der Waals surface area contributed by atoms with Crippen LogP contribution < -0.4 is 0 Å². The van der Waals surface area contributed by atoms with Gasteiger partial charge in [-0.3, -0.25) is 9.59 Å². The Morgan fingerprint density at radius 3 is 2.24 bits per heavy atom. The summed E-state index contributed by atoms with van der Waals surface area (Å²) in [5.74, 6) is -7.29. The van der Waals surface area contributed by atoms with Crippen molar-refractivity contribution in [3.63, 3.8) is 0 Å². The van der Waals surface area contributed by atoms with E-state index in [4.69, 9.17) is 0 Å². The molecular weight excluding hydrogens is 310 g/mol. The van der Waals surface area contributed by atoms with E-state index in [2.05, 4.69) is 15.9 Å². The topological polar surface area (TPSA) is 37.4 Å². The standard InChI is InChI=1S/C9H12BrF4NO2/c1-2-3-15(5-6(16)4-10)8(17)9(13,14)7(11)12/h7H,2-5H2,1H3. The minimum Gasteiger partial charge on any atom is -0.330 e. The van der Waals surface area contributed by atoms with Crippen molar-refractivity contribution >= 4 is 27.6 Å². The van der Waals surface area contributed by atoms with Gasteiger partial charge < -0.3 is 4.90 Å². The Labute approximate surface area is 104 Å². The number of amides is 1. The molecule has 0 saturated carbocycles. The molecule has 0 aliphatic carbocycles. The van der Waals surface area contributed by atoms with Gasteiger partial charge in [0.15, 0.2) is 5.78 Å². The van der Waals surface area contributed by atoms with Crippen LogP contribution >= 0.6 is 15.9 Å². The number of hydrogen-bond acceptors (Lipinski definition) is 2. The smallest absolute Gasteiger partial charge is 0.330 e. The van der Waals surface area contributed by atoms with Crippen molar-refractivity contribution in [1.82, 2.24) is 4.90 Å². The zero-order valence-corrected chi connectivity index (χ0v) is 10.6. The molecule has 0 aliphatic rings. The SMILES string of the molecule is CCCN(CC(=O)CBr)C(=O)C(F)(F)C(F)F. The lowest BCUT2D eigenvalue weighted by Crippen LogP contribution is -2.49. The predicted molar refractivity (Wildman–Crippen MR) is 56.6 cm³/mol. The van der Waals surface area contributed by atoms with Gasteiger partial charge in [0.25, 0.3) is 5.91 Å². The number of ketones is 1. The molecule has 0 bridgehead atoms. The third kappa shape index (κ3) is 4.61. The molecule has 0 saturated heterocycles. The number of hydrogen-bond donors (Lipinski definition) is 0. The van der Waals surface area contributed by atoms with Crippen LogP contribution in [0.25, 0.3) is 0 Å². The van der Waals surface area contributed by atoms with Crippen molar-refractivity contribution in [2.45, 2.75) is 25.7 Å². The summed E-state index contributed by atoms with van der Waals surface area (Å²) in [5.41, 5.74) is 0. The first kappa shape index (κ1) is 16.3. The summed E-state index contributed by atoms with van der Waals surface area (Å²) in [6.45, 7) is 0.819. The summed E-state index contributed by atoms with van der Waals surface area (Å²) in [7, 11) is 0. The van der Waals surface area contributed by atoms with Crippen LogP contribution in [-0.2, 0) is 9.59 Å². The molecule has 0 aromatic rings. The van der Waals surface area contributed by atoms with Gasteiger partial charge >= 0.3 is 12.3 Å². The second-order valence-corrected chi connectivity index (χ2v) is 3.88. The molecule has 0 radical (unpaired) electrons. The summed E-state index contributed by atoms with van der Waals surface area (Å²) in [4.78, 5) is 22.7. The van der Waals surface area contributed by atoms with E-state index in [1.165, 1.54) is 0 Å². The number of Topliss-reactive ketones (excluding diaryl/α,β-unsaturated/α-hetero) is 1. The maximum absolute atomic E-state index is 12.8. The molecule has 0 heterocycles. The molecule has 0 aliphatic heterocycles. The van der Waals surface area contributed by atoms with Crippen LogP contribution in [0.2, 0.25) is 0 Å². The summed E-state index contributed by atoms with van der Waals surface area (Å²) >= 11 is 2.80. The predicted octanol–water partition coefficient (Wildman–Crippen LogP) is 2.09. The Morgan fingerprint density at radius 1 is 1.35 bits per heavy atom. The molecule has 0 N–H and O–H groups in total. The highest BCUT2D eigenvalue weighted by atomic mass is 79.9. The average molecular weight is 322 g/mol. The van der Waals surface area contributed by atoms with Gasteiger partial charge in [-0.2, -0.15) is 8.78 Å². The lowest BCUT2D eigenvalue weighted by molar-refractivity contribution is -0.181. The Balaban J connectivity index is 4.81. The Hall–Kier alpha value is -0.660. The van der Waals surface area contributed by atoms with Crippen LogP contribution in [0.3, 0.4) is 0 Å². The number of carbonyl (C=O) groups is 2. The van der Waals surface area contributed by atoms with Crippen LogP contribution in [-0.4, -0.2) is 47.4 Å². The normalized spacial score (nSPS) is 11.7. The van der Waals surface area contributed by atoms with Crippen LogP contribution in [0.4, 0.5) is 17.6 Å². The van der Waals surface area contributed by atoms with Crippen molar-refractivity contribution in [2.75, 3.05) is 18.4 Å². The molecule has 3 nitrogen and oxygen atoms in total. The third-order valence-electron chi connectivity index (χ3n) is 1.86. The van der Waals surface area contributed by atoms with Gasteiger partial charge in [-0.05, 0) is 6.42 Å². The molecule has 1 amide bonds. The van der Waals surface area contributed by atoms with Gasteiger partial charge in [0, 0.05) is 6.54 Å². The fourth-order valence-corrected chi connectivity index (χ4v) is 1.26. The summed E-state index contributed by atoms with van der Waals surface area (Å²) < 4.78 is 49.6. The highest BCUT2D eigenvalue weighted by Gasteiger charge is 2.51. The van der Waals surface area contributed by atoms with Gasteiger partial charge in [-0.15, -0.1) is 0 Å². The monoisotopic (exact) mass is 321 g/mol. The fraction of sp³-hybridized carbons (Fsp3) is 0.778. The molecule has 0 atom stereocenters. The first-order chi connectivity index (χ1) is 7.77. The fourth-order valence-electron chi connectivity index (χ4n) is 1.08. The first-order valence-corrected chi connectivity index (χ1v) is 5.92. The van der Waals surface area contributed by atoms with E-state index < -0.39 is 30.6 Å². The van der Waals surface area contributed by atoms with Crippen LogP contribution in [0.1, 0.15) is 13.3 Å². The van der Waals surface area contributed by atoms with Crippen molar-refractivity contribution in [2.24, 2.45) is 0 Å². The average Bonchev–Trinajstić information content (AvgIpc) is 2.26. The molecule has 0 aromatic heterocycles. The highest BCUT2D eigenvalue weighted by molar-refractivity contribution is 9.09. The minimum absolute atomic E-state index is 0.124. The number of halogens is 5. The van der Waals surface area contributed by atoms with Gasteiger partial charge in [0.05, 0.1) is 11.9 Å². The maximum atomic E-state index is 12.8. The third-order valence-corrected chi connectivity index (χ3v) is 2.48. The quantitative estimate of drug-likeness (QED) is 0.532. The summed E-state index contributed by atoms with van der Waals surface area (Å²) in [5, 5.41) is -0.124. The molecule has 0 spiro atoms. The van der Waals surface area contributed by atoms with Gasteiger partial charge in [0.2, 0.25) is 0 Å². The van der Waals surface area contributed by atoms with Gasteiger partial charge in [0.1, 0.15) is 0 Å². The van der Waals surface area contributed by atoms with E-state index >= 15 is 0 Å². The molecule has 17 heavy (non-hydrogen) atoms. The zero-order valence-electron chi connectivity index (χ0n) is 9.06. The maximum Gasteiger partial charge on any atom is 0.383 e. The van der Waals surface area contributed by atoms with Crippen molar-refractivity contribution in [3.8, 4) is 0 Å². The molecule has 8 heteroatoms. The summed E-state index contributed by atoms with van der Waals surface area (Å²) in [6.07, 6.45) is -3.78. The Kier molecular flexibility index (Phi) is 6.66. The van der Waals surface area contributed by atoms with Crippen molar-refractivity contribution in [3.05, 3.63) is 0 Å². The number of alkyl halides is 5. The Morgan fingerprint density at radius 2 is 1.88 bits per heavy atom. The van der Waals surface area contributed by atoms with E-state index in [1.807, 2.05) is 0 Å². The lowest BCUT2D eigenvalue weighted by Gasteiger charge is -2.25. The highest BCUT2D eigenvalue weighted by Crippen LogP contribution is 2.25. The Bertz CT molecular complexity index is 286. The second-order valence-electron chi connectivity index (χ2n) is 3.32. The zero-order chi connectivity index (χ0) is 13.6. The molecular formula is C9H12BrF4NO2.